The van der Waals surface area contributed by atoms with Crippen LogP contribution in [0, 0.1) is 0 Å². The summed E-state index contributed by atoms with van der Waals surface area (Å²) in [4.78, 5) is 10.6. The zero-order valence-corrected chi connectivity index (χ0v) is 8.98. The monoisotopic (exact) mass is 270 g/mol. The Morgan fingerprint density at radius 3 is 2.64 bits per heavy atom. The van der Waals surface area contributed by atoms with Crippen LogP contribution >= 0.6 is 22.9 Å². The van der Waals surface area contributed by atoms with Crippen LogP contribution < -0.4 is 8.85 Å². The van der Waals surface area contributed by atoms with Gasteiger partial charge in [0.05, 0.1) is 22.9 Å². The van der Waals surface area contributed by atoms with E-state index in [0.29, 0.717) is 0 Å². The molecule has 0 rings (SSSR count). The first-order valence-electron chi connectivity index (χ1n) is 3.95. The summed E-state index contributed by atoms with van der Waals surface area (Å²) in [6.45, 7) is 2.96. The number of urea groups is 1. The van der Waals surface area contributed by atoms with Crippen LogP contribution in [0.15, 0.2) is 0 Å². The van der Waals surface area contributed by atoms with Crippen LogP contribution in [-0.2, 0) is 0 Å². The predicted molar refractivity (Wildman–Crippen MR) is 54.7 cm³/mol. The molecular weight excluding hydrogens is 255 g/mol. The van der Waals surface area contributed by atoms with Gasteiger partial charge < -0.3 is 5.32 Å². The van der Waals surface area contributed by atoms with Gasteiger partial charge in [0.25, 0.3) is 0 Å². The van der Waals surface area contributed by atoms with E-state index in [1.807, 2.05) is 22.9 Å². The van der Waals surface area contributed by atoms with Crippen molar-refractivity contribution in [2.24, 2.45) is 0 Å². The fourth-order valence-electron chi connectivity index (χ4n) is 0.787. The molecule has 0 aliphatic rings. The lowest BCUT2D eigenvalue weighted by Crippen LogP contribution is -2.30. The fraction of sp³-hybridized carbons (Fsp3) is 0.857. The highest BCUT2D eigenvalue weighted by molar-refractivity contribution is 14.1. The molecule has 0 fully saturated rings. The Bertz CT molecular complexity index is 109. The third-order valence-electron chi connectivity index (χ3n) is 1.40. The lowest BCUT2D eigenvalue weighted by molar-refractivity contribution is 0.247. The van der Waals surface area contributed by atoms with Crippen LogP contribution in [0.3, 0.4) is 0 Å². The van der Waals surface area contributed by atoms with Gasteiger partial charge in [-0.25, -0.2) is 4.79 Å². The second-order valence-corrected chi connectivity index (χ2v) is 2.95. The highest BCUT2D eigenvalue weighted by atomic mass is 127. The molecule has 2 N–H and O–H groups in total. The van der Waals surface area contributed by atoms with Gasteiger partial charge in [-0.15, -0.1) is 0 Å². The molecule has 2 amide bonds. The van der Waals surface area contributed by atoms with E-state index in [1.165, 1.54) is 19.3 Å². The smallest absolute Gasteiger partial charge is 0.323 e. The van der Waals surface area contributed by atoms with Gasteiger partial charge in [0.15, 0.2) is 0 Å². The van der Waals surface area contributed by atoms with Gasteiger partial charge in [-0.2, -0.15) is 0 Å². The molecule has 0 radical (unpaired) electrons. The minimum absolute atomic E-state index is 0.0953. The molecule has 0 bridgehead atoms. The average Bonchev–Trinajstić information content (AvgIpc) is 2.04. The number of halogens is 1. The first-order valence-corrected chi connectivity index (χ1v) is 5.03. The molecule has 0 saturated carbocycles. The molecule has 0 aliphatic heterocycles. The molecule has 11 heavy (non-hydrogen) atoms. The van der Waals surface area contributed by atoms with E-state index in [4.69, 9.17) is 0 Å². The summed E-state index contributed by atoms with van der Waals surface area (Å²) in [6.07, 6.45) is 4.78. The molecule has 4 heteroatoms. The van der Waals surface area contributed by atoms with E-state index in [1.54, 1.807) is 0 Å². The fourth-order valence-corrected chi connectivity index (χ4v) is 0.978. The van der Waals surface area contributed by atoms with E-state index in [9.17, 15) is 4.79 Å². The highest BCUT2D eigenvalue weighted by Gasteiger charge is 1.93. The zero-order valence-electron chi connectivity index (χ0n) is 6.82. The van der Waals surface area contributed by atoms with E-state index >= 15 is 0 Å². The largest absolute Gasteiger partial charge is 0.338 e. The Morgan fingerprint density at radius 1 is 1.36 bits per heavy atom. The lowest BCUT2D eigenvalue weighted by atomic mass is 10.2. The standard InChI is InChI=1S/C7H15IN2O/c1-2-3-4-5-6-9-7(11)10-8/h2-6H2,1H3,(H2,9,10,11). The van der Waals surface area contributed by atoms with E-state index in [2.05, 4.69) is 15.8 Å². The van der Waals surface area contributed by atoms with Gasteiger partial charge in [-0.05, 0) is 6.42 Å². The van der Waals surface area contributed by atoms with Crippen molar-refractivity contribution in [1.29, 1.82) is 0 Å². The number of unbranched alkanes of at least 4 members (excludes halogenated alkanes) is 3. The minimum atomic E-state index is -0.0953. The molecule has 0 unspecified atom stereocenters. The van der Waals surface area contributed by atoms with Crippen molar-refractivity contribution in [3.63, 3.8) is 0 Å². The Kier molecular flexibility index (Phi) is 8.10. The third-order valence-corrected chi connectivity index (χ3v) is 1.89. The Labute approximate surface area is 81.8 Å². The summed E-state index contributed by atoms with van der Waals surface area (Å²) in [5.74, 6) is 0. The minimum Gasteiger partial charge on any atom is -0.338 e. The van der Waals surface area contributed by atoms with Crippen molar-refractivity contribution < 1.29 is 4.79 Å². The molecule has 0 aromatic heterocycles. The van der Waals surface area contributed by atoms with Gasteiger partial charge in [0, 0.05) is 6.54 Å². The van der Waals surface area contributed by atoms with Crippen molar-refractivity contribution in [2.75, 3.05) is 6.54 Å². The highest BCUT2D eigenvalue weighted by Crippen LogP contribution is 1.96. The third kappa shape index (κ3) is 7.90. The van der Waals surface area contributed by atoms with Crippen molar-refractivity contribution in [3.8, 4) is 0 Å². The van der Waals surface area contributed by atoms with Crippen LogP contribution in [0.4, 0.5) is 4.79 Å². The summed E-state index contributed by atoms with van der Waals surface area (Å²) < 4.78 is 2.48. The van der Waals surface area contributed by atoms with Gasteiger partial charge >= 0.3 is 6.03 Å². The molecule has 0 aromatic carbocycles. The SMILES string of the molecule is CCCCCCNC(=O)NI. The number of nitrogens with one attached hydrogen (secondary N) is 2. The van der Waals surface area contributed by atoms with Crippen molar-refractivity contribution in [1.82, 2.24) is 8.85 Å². The summed E-state index contributed by atoms with van der Waals surface area (Å²) in [6, 6.07) is -0.0953. The number of carbonyl (C=O) groups excluding carboxylic acids is 1. The molecular formula is C7H15IN2O. The summed E-state index contributed by atoms with van der Waals surface area (Å²) in [5, 5.41) is 2.73. The normalized spacial score (nSPS) is 9.27. The average molecular weight is 270 g/mol. The second-order valence-electron chi connectivity index (χ2n) is 2.41. The predicted octanol–water partition coefficient (Wildman–Crippen LogP) is 2.22. The number of hydrogen-bond acceptors (Lipinski definition) is 1. The van der Waals surface area contributed by atoms with Crippen LogP contribution in [0.1, 0.15) is 32.6 Å². The maximum atomic E-state index is 10.6. The van der Waals surface area contributed by atoms with Gasteiger partial charge in [0.1, 0.15) is 0 Å². The van der Waals surface area contributed by atoms with Crippen LogP contribution in [0.5, 0.6) is 0 Å². The summed E-state index contributed by atoms with van der Waals surface area (Å²) >= 11 is 1.82. The number of rotatable bonds is 5. The zero-order chi connectivity index (χ0) is 8.53. The number of hydrogen-bond donors (Lipinski definition) is 2. The maximum absolute atomic E-state index is 10.6. The van der Waals surface area contributed by atoms with Gasteiger partial charge in [-0.1, -0.05) is 26.2 Å². The first kappa shape index (κ1) is 11.0. The number of carbonyl (C=O) groups is 1. The van der Waals surface area contributed by atoms with Crippen molar-refractivity contribution in [3.05, 3.63) is 0 Å². The molecule has 0 saturated heterocycles. The van der Waals surface area contributed by atoms with E-state index in [-0.39, 0.29) is 6.03 Å². The van der Waals surface area contributed by atoms with Crippen molar-refractivity contribution >= 4 is 28.9 Å². The first-order chi connectivity index (χ1) is 5.31. The van der Waals surface area contributed by atoms with Crippen LogP contribution in [0.2, 0.25) is 0 Å². The molecule has 66 valence electrons. The molecule has 3 nitrogen and oxygen atoms in total. The maximum Gasteiger partial charge on any atom is 0.323 e. The molecule has 0 aromatic rings. The molecule has 0 heterocycles. The lowest BCUT2D eigenvalue weighted by Gasteiger charge is -2.01. The van der Waals surface area contributed by atoms with Crippen LogP contribution in [-0.4, -0.2) is 12.6 Å². The quantitative estimate of drug-likeness (QED) is 0.449. The topological polar surface area (TPSA) is 41.1 Å². The van der Waals surface area contributed by atoms with E-state index < -0.39 is 0 Å². The number of amides is 2. The van der Waals surface area contributed by atoms with Gasteiger partial charge in [-0.3, -0.25) is 3.53 Å². The molecule has 0 atom stereocenters. The molecule has 0 aliphatic carbocycles. The summed E-state index contributed by atoms with van der Waals surface area (Å²) in [7, 11) is 0. The summed E-state index contributed by atoms with van der Waals surface area (Å²) in [5.41, 5.74) is 0. The van der Waals surface area contributed by atoms with E-state index in [0.717, 1.165) is 13.0 Å². The van der Waals surface area contributed by atoms with Crippen LogP contribution in [0.25, 0.3) is 0 Å². The Hall–Kier alpha value is 0. The molecule has 0 spiro atoms. The van der Waals surface area contributed by atoms with Gasteiger partial charge in [0.2, 0.25) is 0 Å². The van der Waals surface area contributed by atoms with Crippen molar-refractivity contribution in [2.45, 2.75) is 32.6 Å². The Balaban J connectivity index is 2.95. The second kappa shape index (κ2) is 8.10. The Morgan fingerprint density at radius 2 is 2.09 bits per heavy atom.